The van der Waals surface area contributed by atoms with Crippen LogP contribution in [-0.2, 0) is 6.42 Å². The molecule has 1 unspecified atom stereocenters. The lowest BCUT2D eigenvalue weighted by Gasteiger charge is -2.18. The molecule has 0 aliphatic carbocycles. The zero-order valence-corrected chi connectivity index (χ0v) is 11.7. The van der Waals surface area contributed by atoms with E-state index < -0.39 is 0 Å². The Hall–Kier alpha value is -1.67. The Morgan fingerprint density at radius 3 is 2.58 bits per heavy atom. The van der Waals surface area contributed by atoms with Crippen molar-refractivity contribution in [2.24, 2.45) is 0 Å². The Bertz CT molecular complexity index is 563. The lowest BCUT2D eigenvalue weighted by Crippen LogP contribution is -2.19. The van der Waals surface area contributed by atoms with Crippen LogP contribution in [0.5, 0.6) is 0 Å². The molecule has 1 N–H and O–H groups in total. The first-order valence-electron chi connectivity index (χ1n) is 6.59. The first-order valence-corrected chi connectivity index (χ1v) is 6.59. The molecule has 1 atom stereocenters. The van der Waals surface area contributed by atoms with Gasteiger partial charge in [0.2, 0.25) is 0 Å². The minimum absolute atomic E-state index is 0.135. The van der Waals surface area contributed by atoms with Crippen molar-refractivity contribution in [1.82, 2.24) is 5.32 Å². The molecule has 0 saturated carbocycles. The van der Waals surface area contributed by atoms with E-state index in [-0.39, 0.29) is 11.9 Å². The minimum Gasteiger partial charge on any atom is -0.313 e. The maximum absolute atomic E-state index is 13.3. The molecule has 0 bridgehead atoms. The van der Waals surface area contributed by atoms with Gasteiger partial charge in [0.05, 0.1) is 0 Å². The molecule has 2 aromatic carbocycles. The number of aryl methyl sites for hydroxylation is 2. The van der Waals surface area contributed by atoms with Gasteiger partial charge >= 0.3 is 0 Å². The summed E-state index contributed by atoms with van der Waals surface area (Å²) >= 11 is 0. The lowest BCUT2D eigenvalue weighted by molar-refractivity contribution is 0.576. The Labute approximate surface area is 114 Å². The number of likely N-dealkylation sites (N-methyl/N-ethyl adjacent to an activating group) is 1. The highest BCUT2D eigenvalue weighted by Gasteiger charge is 2.12. The van der Waals surface area contributed by atoms with Crippen LogP contribution in [0.3, 0.4) is 0 Å². The molecule has 0 saturated heterocycles. The summed E-state index contributed by atoms with van der Waals surface area (Å²) in [6, 6.07) is 13.4. The predicted molar refractivity (Wildman–Crippen MR) is 77.8 cm³/mol. The number of nitrogens with one attached hydrogen (secondary N) is 1. The monoisotopic (exact) mass is 257 g/mol. The number of rotatable bonds is 4. The molecule has 0 aromatic heterocycles. The third-order valence-electron chi connectivity index (χ3n) is 3.53. The topological polar surface area (TPSA) is 12.0 Å². The third-order valence-corrected chi connectivity index (χ3v) is 3.53. The lowest BCUT2D eigenvalue weighted by atomic mass is 9.95. The highest BCUT2D eigenvalue weighted by molar-refractivity contribution is 5.33. The molecule has 0 aliphatic heterocycles. The van der Waals surface area contributed by atoms with Crippen LogP contribution in [0.2, 0.25) is 0 Å². The molecule has 1 nitrogen and oxygen atoms in total. The molecule has 0 aliphatic rings. The molecule has 2 rings (SSSR count). The summed E-state index contributed by atoms with van der Waals surface area (Å²) in [5.74, 6) is -0.182. The largest absolute Gasteiger partial charge is 0.313 e. The van der Waals surface area contributed by atoms with Gasteiger partial charge in [-0.15, -0.1) is 0 Å². The normalized spacial score (nSPS) is 12.4. The van der Waals surface area contributed by atoms with E-state index in [1.165, 1.54) is 22.8 Å². The standard InChI is InChI=1S/C17H20FN/c1-12-7-8-13(2)15(9-12)11-17(19-3)14-5-4-6-16(18)10-14/h4-10,17,19H,11H2,1-3H3. The Kier molecular flexibility index (Phi) is 4.33. The molecule has 0 spiro atoms. The molecular weight excluding hydrogens is 237 g/mol. The summed E-state index contributed by atoms with van der Waals surface area (Å²) in [4.78, 5) is 0. The van der Waals surface area contributed by atoms with Crippen LogP contribution in [-0.4, -0.2) is 7.05 Å². The second kappa shape index (κ2) is 5.98. The smallest absolute Gasteiger partial charge is 0.123 e. The van der Waals surface area contributed by atoms with Crippen LogP contribution in [0.25, 0.3) is 0 Å². The number of halogens is 1. The summed E-state index contributed by atoms with van der Waals surface area (Å²) in [6.07, 6.45) is 0.869. The van der Waals surface area contributed by atoms with Crippen LogP contribution in [0.1, 0.15) is 28.3 Å². The van der Waals surface area contributed by atoms with Crippen LogP contribution >= 0.6 is 0 Å². The van der Waals surface area contributed by atoms with Crippen molar-refractivity contribution in [3.05, 3.63) is 70.5 Å². The first-order chi connectivity index (χ1) is 9.10. The van der Waals surface area contributed by atoms with Crippen molar-refractivity contribution in [3.63, 3.8) is 0 Å². The van der Waals surface area contributed by atoms with Gasteiger partial charge in [-0.3, -0.25) is 0 Å². The van der Waals surface area contributed by atoms with E-state index in [0.717, 1.165) is 12.0 Å². The molecule has 0 amide bonds. The number of hydrogen-bond acceptors (Lipinski definition) is 1. The Balaban J connectivity index is 2.26. The van der Waals surface area contributed by atoms with Gasteiger partial charge < -0.3 is 5.32 Å². The van der Waals surface area contributed by atoms with E-state index in [9.17, 15) is 4.39 Å². The molecule has 0 heterocycles. The van der Waals surface area contributed by atoms with Crippen molar-refractivity contribution in [3.8, 4) is 0 Å². The number of benzene rings is 2. The minimum atomic E-state index is -0.182. The molecule has 0 radical (unpaired) electrons. The SMILES string of the molecule is CNC(Cc1cc(C)ccc1C)c1cccc(F)c1. The van der Waals surface area contributed by atoms with Crippen molar-refractivity contribution in [2.75, 3.05) is 7.05 Å². The second-order valence-corrected chi connectivity index (χ2v) is 5.03. The highest BCUT2D eigenvalue weighted by Crippen LogP contribution is 2.21. The van der Waals surface area contributed by atoms with Crippen molar-refractivity contribution in [1.29, 1.82) is 0 Å². The van der Waals surface area contributed by atoms with Crippen LogP contribution in [0, 0.1) is 19.7 Å². The summed E-state index contributed by atoms with van der Waals surface area (Å²) in [6.45, 7) is 4.21. The van der Waals surface area contributed by atoms with Gasteiger partial charge in [-0.25, -0.2) is 4.39 Å². The van der Waals surface area contributed by atoms with Gasteiger partial charge in [0.1, 0.15) is 5.82 Å². The number of hydrogen-bond donors (Lipinski definition) is 1. The zero-order chi connectivity index (χ0) is 13.8. The van der Waals surface area contributed by atoms with Crippen molar-refractivity contribution >= 4 is 0 Å². The van der Waals surface area contributed by atoms with Gasteiger partial charge in [0.25, 0.3) is 0 Å². The Morgan fingerprint density at radius 2 is 1.89 bits per heavy atom. The Morgan fingerprint density at radius 1 is 1.11 bits per heavy atom. The van der Waals surface area contributed by atoms with Gasteiger partial charge in [-0.05, 0) is 56.1 Å². The van der Waals surface area contributed by atoms with Crippen LogP contribution in [0.15, 0.2) is 42.5 Å². The molecule has 0 fully saturated rings. The first kappa shape index (κ1) is 13.8. The zero-order valence-electron chi connectivity index (χ0n) is 11.7. The van der Waals surface area contributed by atoms with Gasteiger partial charge in [0, 0.05) is 6.04 Å². The van der Waals surface area contributed by atoms with E-state index in [4.69, 9.17) is 0 Å². The fourth-order valence-corrected chi connectivity index (χ4v) is 2.35. The van der Waals surface area contributed by atoms with Crippen LogP contribution in [0.4, 0.5) is 4.39 Å². The maximum Gasteiger partial charge on any atom is 0.123 e. The van der Waals surface area contributed by atoms with Gasteiger partial charge in [-0.2, -0.15) is 0 Å². The maximum atomic E-state index is 13.3. The van der Waals surface area contributed by atoms with Crippen LogP contribution < -0.4 is 5.32 Å². The van der Waals surface area contributed by atoms with Gasteiger partial charge in [-0.1, -0.05) is 35.9 Å². The molecule has 2 aromatic rings. The molecule has 19 heavy (non-hydrogen) atoms. The van der Waals surface area contributed by atoms with Crippen molar-refractivity contribution in [2.45, 2.75) is 26.3 Å². The van der Waals surface area contributed by atoms with E-state index >= 15 is 0 Å². The van der Waals surface area contributed by atoms with Gasteiger partial charge in [0.15, 0.2) is 0 Å². The summed E-state index contributed by atoms with van der Waals surface area (Å²) in [7, 11) is 1.92. The highest BCUT2D eigenvalue weighted by atomic mass is 19.1. The fourth-order valence-electron chi connectivity index (χ4n) is 2.35. The van der Waals surface area contributed by atoms with Crippen molar-refractivity contribution < 1.29 is 4.39 Å². The summed E-state index contributed by atoms with van der Waals surface area (Å²) < 4.78 is 13.3. The summed E-state index contributed by atoms with van der Waals surface area (Å²) in [5, 5.41) is 3.27. The van der Waals surface area contributed by atoms with E-state index in [1.54, 1.807) is 12.1 Å². The molecule has 100 valence electrons. The van der Waals surface area contributed by atoms with E-state index in [1.807, 2.05) is 13.1 Å². The van der Waals surface area contributed by atoms with E-state index in [2.05, 4.69) is 37.4 Å². The third kappa shape index (κ3) is 3.42. The second-order valence-electron chi connectivity index (χ2n) is 5.03. The summed E-state index contributed by atoms with van der Waals surface area (Å²) in [5.41, 5.74) is 4.84. The quantitative estimate of drug-likeness (QED) is 0.874. The average Bonchev–Trinajstić information content (AvgIpc) is 2.39. The predicted octanol–water partition coefficient (Wildman–Crippen LogP) is 3.95. The fraction of sp³-hybridized carbons (Fsp3) is 0.294. The molecule has 2 heteroatoms. The average molecular weight is 257 g/mol. The molecular formula is C17H20FN. The van der Waals surface area contributed by atoms with E-state index in [0.29, 0.717) is 0 Å².